The molecular formula is C25H23N5O3S. The molecule has 5 aromatic rings. The molecule has 0 bridgehead atoms. The molecule has 3 aromatic heterocycles. The highest BCUT2D eigenvalue weighted by atomic mass is 32.2. The van der Waals surface area contributed by atoms with Gasteiger partial charge >= 0.3 is 0 Å². The zero-order valence-electron chi connectivity index (χ0n) is 18.7. The van der Waals surface area contributed by atoms with Gasteiger partial charge in [-0.3, -0.25) is 9.67 Å². The van der Waals surface area contributed by atoms with E-state index in [0.29, 0.717) is 12.4 Å². The second kappa shape index (κ2) is 8.51. The highest BCUT2D eigenvalue weighted by Gasteiger charge is 2.14. The molecule has 9 heteroatoms. The van der Waals surface area contributed by atoms with E-state index < -0.39 is 9.84 Å². The Hall–Kier alpha value is -3.82. The lowest BCUT2D eigenvalue weighted by Gasteiger charge is -2.11. The molecule has 0 atom stereocenters. The fraction of sp³-hybridized carbons (Fsp3) is 0.160. The summed E-state index contributed by atoms with van der Waals surface area (Å²) in [6.07, 6.45) is 6.70. The van der Waals surface area contributed by atoms with Gasteiger partial charge in [0, 0.05) is 52.3 Å². The third-order valence-corrected chi connectivity index (χ3v) is 6.92. The summed E-state index contributed by atoms with van der Waals surface area (Å²) in [7, 11) is -3.25. The van der Waals surface area contributed by atoms with E-state index in [0.717, 1.165) is 44.2 Å². The third kappa shape index (κ3) is 4.11. The van der Waals surface area contributed by atoms with E-state index in [1.165, 1.54) is 6.26 Å². The summed E-state index contributed by atoms with van der Waals surface area (Å²) in [5, 5.41) is 19.9. The molecule has 0 radical (unpaired) electrons. The van der Waals surface area contributed by atoms with Crippen molar-refractivity contribution >= 4 is 43.0 Å². The molecule has 0 amide bonds. The number of nitrogens with one attached hydrogen (secondary N) is 1. The van der Waals surface area contributed by atoms with E-state index in [9.17, 15) is 13.5 Å². The van der Waals surface area contributed by atoms with Crippen molar-refractivity contribution in [3.05, 3.63) is 72.7 Å². The number of aliphatic hydroxyl groups is 1. The molecule has 172 valence electrons. The number of rotatable bonds is 6. The minimum absolute atomic E-state index is 0.0323. The van der Waals surface area contributed by atoms with Crippen molar-refractivity contribution in [2.24, 2.45) is 0 Å². The van der Waals surface area contributed by atoms with Crippen LogP contribution in [0.5, 0.6) is 0 Å². The first-order valence-corrected chi connectivity index (χ1v) is 12.6. The highest BCUT2D eigenvalue weighted by Crippen LogP contribution is 2.33. The van der Waals surface area contributed by atoms with Crippen molar-refractivity contribution in [1.29, 1.82) is 0 Å². The maximum absolute atomic E-state index is 11.7. The Morgan fingerprint density at radius 2 is 1.82 bits per heavy atom. The summed E-state index contributed by atoms with van der Waals surface area (Å²) in [6, 6.07) is 14.4. The lowest BCUT2D eigenvalue weighted by molar-refractivity contribution is 0.270. The molecule has 2 N–H and O–H groups in total. The highest BCUT2D eigenvalue weighted by molar-refractivity contribution is 7.90. The lowest BCUT2D eigenvalue weighted by Crippen LogP contribution is -2.01. The number of aromatic nitrogens is 4. The number of aliphatic hydroxyl groups excluding tert-OH is 1. The fourth-order valence-electron chi connectivity index (χ4n) is 4.04. The van der Waals surface area contributed by atoms with Crippen LogP contribution < -0.4 is 5.32 Å². The zero-order valence-corrected chi connectivity index (χ0v) is 19.5. The van der Waals surface area contributed by atoms with Crippen LogP contribution in [0.25, 0.3) is 32.9 Å². The zero-order chi connectivity index (χ0) is 23.9. The summed E-state index contributed by atoms with van der Waals surface area (Å²) in [5.41, 5.74) is 4.50. The minimum Gasteiger partial charge on any atom is -0.394 e. The van der Waals surface area contributed by atoms with Crippen molar-refractivity contribution in [3.63, 3.8) is 0 Å². The monoisotopic (exact) mass is 473 g/mol. The van der Waals surface area contributed by atoms with Crippen LogP contribution in [0, 0.1) is 6.92 Å². The summed E-state index contributed by atoms with van der Waals surface area (Å²) >= 11 is 0. The Bertz CT molecular complexity index is 1630. The summed E-state index contributed by atoms with van der Waals surface area (Å²) in [6.45, 7) is 2.53. The topological polar surface area (TPSA) is 110 Å². The molecule has 0 saturated carbocycles. The molecule has 0 saturated heterocycles. The van der Waals surface area contributed by atoms with E-state index in [1.54, 1.807) is 41.3 Å². The first-order valence-electron chi connectivity index (χ1n) is 10.7. The number of benzene rings is 2. The van der Waals surface area contributed by atoms with Crippen LogP contribution in [0.1, 0.15) is 5.56 Å². The average molecular weight is 474 g/mol. The number of pyridine rings is 2. The standard InChI is InChI=1S/C25H23N5O3S/c1-16-20(7-8-23-22(16)15-30(29-23)11-12-31)25-21-13-24(27-14-17(21)9-10-26-25)28-18-3-5-19(6-4-18)34(2,32)33/h3-10,13-15,31H,11-12H2,1-2H3,(H,27,28). The normalized spacial score (nSPS) is 11.9. The fourth-order valence-corrected chi connectivity index (χ4v) is 4.67. The third-order valence-electron chi connectivity index (χ3n) is 5.79. The summed E-state index contributed by atoms with van der Waals surface area (Å²) in [4.78, 5) is 9.46. The van der Waals surface area contributed by atoms with Gasteiger partial charge < -0.3 is 10.4 Å². The number of hydrogen-bond donors (Lipinski definition) is 2. The molecule has 0 fully saturated rings. The first-order chi connectivity index (χ1) is 16.3. The molecule has 0 spiro atoms. The smallest absolute Gasteiger partial charge is 0.175 e. The molecule has 0 unspecified atom stereocenters. The summed E-state index contributed by atoms with van der Waals surface area (Å²) < 4.78 is 25.2. The number of sulfone groups is 1. The van der Waals surface area contributed by atoms with Gasteiger partial charge in [0.05, 0.1) is 29.3 Å². The van der Waals surface area contributed by atoms with Crippen molar-refractivity contribution in [1.82, 2.24) is 19.7 Å². The van der Waals surface area contributed by atoms with Crippen LogP contribution in [-0.2, 0) is 16.4 Å². The Morgan fingerprint density at radius 1 is 1.03 bits per heavy atom. The molecule has 8 nitrogen and oxygen atoms in total. The molecule has 34 heavy (non-hydrogen) atoms. The van der Waals surface area contributed by atoms with Crippen LogP contribution in [0.4, 0.5) is 11.5 Å². The van der Waals surface area contributed by atoms with Gasteiger partial charge in [-0.1, -0.05) is 6.07 Å². The number of aryl methyl sites for hydroxylation is 1. The van der Waals surface area contributed by atoms with Gasteiger partial charge in [-0.05, 0) is 55.0 Å². The van der Waals surface area contributed by atoms with Crippen LogP contribution in [0.15, 0.2) is 72.0 Å². The summed E-state index contributed by atoms with van der Waals surface area (Å²) in [5.74, 6) is 0.628. The van der Waals surface area contributed by atoms with Gasteiger partial charge in [-0.25, -0.2) is 13.4 Å². The number of nitrogens with zero attached hydrogens (tertiary/aromatic N) is 4. The SMILES string of the molecule is Cc1c(-c2nccc3cnc(Nc4ccc(S(C)(=O)=O)cc4)cc23)ccc2nn(CCO)cc12. The Morgan fingerprint density at radius 3 is 2.56 bits per heavy atom. The Labute approximate surface area is 196 Å². The molecular weight excluding hydrogens is 450 g/mol. The molecule has 5 rings (SSSR count). The maximum atomic E-state index is 11.7. The van der Waals surface area contributed by atoms with Gasteiger partial charge in [0.25, 0.3) is 0 Å². The van der Waals surface area contributed by atoms with Crippen molar-refractivity contribution in [2.75, 3.05) is 18.2 Å². The van der Waals surface area contributed by atoms with Gasteiger partial charge in [0.2, 0.25) is 0 Å². The second-order valence-electron chi connectivity index (χ2n) is 8.16. The average Bonchev–Trinajstić information content (AvgIpc) is 3.23. The number of fused-ring (bicyclic) bond motifs is 2. The van der Waals surface area contributed by atoms with E-state index in [-0.39, 0.29) is 11.5 Å². The predicted octanol–water partition coefficient (Wildman–Crippen LogP) is 4.09. The molecule has 3 heterocycles. The van der Waals surface area contributed by atoms with Gasteiger partial charge in [-0.15, -0.1) is 0 Å². The van der Waals surface area contributed by atoms with Crippen LogP contribution in [0.3, 0.4) is 0 Å². The van der Waals surface area contributed by atoms with Gasteiger partial charge in [0.15, 0.2) is 9.84 Å². The van der Waals surface area contributed by atoms with Crippen molar-refractivity contribution < 1.29 is 13.5 Å². The van der Waals surface area contributed by atoms with E-state index in [4.69, 9.17) is 0 Å². The molecule has 2 aromatic carbocycles. The van der Waals surface area contributed by atoms with E-state index in [1.807, 2.05) is 37.4 Å². The first kappa shape index (κ1) is 22.0. The number of hydrogen-bond acceptors (Lipinski definition) is 7. The largest absolute Gasteiger partial charge is 0.394 e. The Kier molecular flexibility index (Phi) is 5.51. The van der Waals surface area contributed by atoms with Crippen LogP contribution >= 0.6 is 0 Å². The Balaban J connectivity index is 1.55. The van der Waals surface area contributed by atoms with E-state index in [2.05, 4.69) is 20.4 Å². The van der Waals surface area contributed by atoms with Crippen molar-refractivity contribution in [3.8, 4) is 11.3 Å². The van der Waals surface area contributed by atoms with Crippen LogP contribution in [0.2, 0.25) is 0 Å². The van der Waals surface area contributed by atoms with E-state index >= 15 is 0 Å². The maximum Gasteiger partial charge on any atom is 0.175 e. The molecule has 0 aliphatic rings. The molecule has 0 aliphatic heterocycles. The van der Waals surface area contributed by atoms with Gasteiger partial charge in [0.1, 0.15) is 5.82 Å². The van der Waals surface area contributed by atoms with Gasteiger partial charge in [-0.2, -0.15) is 5.10 Å². The quantitative estimate of drug-likeness (QED) is 0.382. The van der Waals surface area contributed by atoms with Crippen molar-refractivity contribution in [2.45, 2.75) is 18.4 Å². The lowest BCUT2D eigenvalue weighted by atomic mass is 9.98. The van der Waals surface area contributed by atoms with Crippen LogP contribution in [-0.4, -0.2) is 46.1 Å². The minimum atomic E-state index is -3.25. The second-order valence-corrected chi connectivity index (χ2v) is 10.2. The number of anilines is 2. The predicted molar refractivity (Wildman–Crippen MR) is 133 cm³/mol. The molecule has 0 aliphatic carbocycles.